The molecular formula is C9H16N4. The van der Waals surface area contributed by atoms with Gasteiger partial charge in [-0.3, -0.25) is 0 Å². The fourth-order valence-electron chi connectivity index (χ4n) is 1.86. The number of fused-ring (bicyclic) bond motifs is 1. The molecule has 1 aromatic rings. The van der Waals surface area contributed by atoms with E-state index < -0.39 is 0 Å². The first kappa shape index (κ1) is 8.69. The normalized spacial score (nSPS) is 21.5. The molecule has 0 radical (unpaired) electrons. The number of aromatic nitrogens is 3. The third kappa shape index (κ3) is 1.46. The third-order valence-electron chi connectivity index (χ3n) is 2.63. The van der Waals surface area contributed by atoms with Gasteiger partial charge in [0.15, 0.2) is 5.82 Å². The van der Waals surface area contributed by atoms with E-state index in [2.05, 4.69) is 17.0 Å². The zero-order valence-electron chi connectivity index (χ0n) is 8.03. The van der Waals surface area contributed by atoms with Gasteiger partial charge >= 0.3 is 0 Å². The molecule has 4 heteroatoms. The summed E-state index contributed by atoms with van der Waals surface area (Å²) in [5.41, 5.74) is 5.69. The molecule has 1 unspecified atom stereocenters. The molecule has 4 nitrogen and oxygen atoms in total. The van der Waals surface area contributed by atoms with Crippen molar-refractivity contribution in [3.63, 3.8) is 0 Å². The number of nitrogens with zero attached hydrogens (tertiary/aromatic N) is 3. The average molecular weight is 180 g/mol. The van der Waals surface area contributed by atoms with E-state index in [0.717, 1.165) is 24.6 Å². The van der Waals surface area contributed by atoms with Crippen LogP contribution in [0.25, 0.3) is 0 Å². The molecule has 0 spiro atoms. The second-order valence-electron chi connectivity index (χ2n) is 3.54. The van der Waals surface area contributed by atoms with Gasteiger partial charge < -0.3 is 5.73 Å². The van der Waals surface area contributed by atoms with E-state index in [1.165, 1.54) is 12.8 Å². The van der Waals surface area contributed by atoms with Crippen molar-refractivity contribution in [1.82, 2.24) is 14.8 Å². The summed E-state index contributed by atoms with van der Waals surface area (Å²) in [6.07, 6.45) is 3.26. The molecule has 1 aromatic heterocycles. The maximum atomic E-state index is 5.69. The van der Waals surface area contributed by atoms with Crippen molar-refractivity contribution >= 4 is 0 Å². The van der Waals surface area contributed by atoms with Crippen LogP contribution in [0.15, 0.2) is 0 Å². The highest BCUT2D eigenvalue weighted by Gasteiger charge is 2.22. The van der Waals surface area contributed by atoms with Crippen molar-refractivity contribution in [3.8, 4) is 0 Å². The summed E-state index contributed by atoms with van der Waals surface area (Å²) in [7, 11) is 0. The number of aryl methyl sites for hydroxylation is 2. The molecule has 0 bridgehead atoms. The summed E-state index contributed by atoms with van der Waals surface area (Å²) >= 11 is 0. The minimum Gasteiger partial charge on any atom is -0.330 e. The van der Waals surface area contributed by atoms with Crippen molar-refractivity contribution in [2.24, 2.45) is 5.73 Å². The molecule has 0 saturated carbocycles. The first-order chi connectivity index (χ1) is 6.35. The third-order valence-corrected chi connectivity index (χ3v) is 2.63. The van der Waals surface area contributed by atoms with Crippen LogP contribution in [0.3, 0.4) is 0 Å². The maximum absolute atomic E-state index is 5.69. The lowest BCUT2D eigenvalue weighted by Gasteiger charge is -2.19. The molecule has 1 aliphatic heterocycles. The van der Waals surface area contributed by atoms with Crippen LogP contribution in [0.5, 0.6) is 0 Å². The van der Waals surface area contributed by atoms with Crippen LogP contribution in [0.2, 0.25) is 0 Å². The SMILES string of the molecule is CCc1nc2n(n1)CCCC2CN. The zero-order chi connectivity index (χ0) is 9.26. The molecule has 2 rings (SSSR count). The Morgan fingerprint density at radius 3 is 3.15 bits per heavy atom. The Bertz CT molecular complexity index is 292. The summed E-state index contributed by atoms with van der Waals surface area (Å²) in [6.45, 7) is 3.79. The number of hydrogen-bond acceptors (Lipinski definition) is 3. The van der Waals surface area contributed by atoms with Gasteiger partial charge in [0.1, 0.15) is 5.82 Å². The molecule has 0 aromatic carbocycles. The highest BCUT2D eigenvalue weighted by Crippen LogP contribution is 2.24. The fraction of sp³-hybridized carbons (Fsp3) is 0.778. The van der Waals surface area contributed by atoms with Gasteiger partial charge in [-0.05, 0) is 12.8 Å². The van der Waals surface area contributed by atoms with Crippen molar-refractivity contribution in [2.75, 3.05) is 6.54 Å². The molecule has 1 aliphatic rings. The van der Waals surface area contributed by atoms with Crippen LogP contribution in [-0.2, 0) is 13.0 Å². The van der Waals surface area contributed by atoms with Gasteiger partial charge in [-0.25, -0.2) is 9.67 Å². The van der Waals surface area contributed by atoms with E-state index in [9.17, 15) is 0 Å². The van der Waals surface area contributed by atoms with E-state index in [0.29, 0.717) is 12.5 Å². The predicted octanol–water partition coefficient (Wildman–Crippen LogP) is 0.677. The average Bonchev–Trinajstić information content (AvgIpc) is 2.59. The second kappa shape index (κ2) is 3.46. The van der Waals surface area contributed by atoms with Gasteiger partial charge in [-0.2, -0.15) is 5.10 Å². The topological polar surface area (TPSA) is 56.7 Å². The summed E-state index contributed by atoms with van der Waals surface area (Å²) in [5, 5.41) is 4.42. The van der Waals surface area contributed by atoms with E-state index in [1.54, 1.807) is 0 Å². The van der Waals surface area contributed by atoms with Crippen molar-refractivity contribution in [1.29, 1.82) is 0 Å². The number of hydrogen-bond donors (Lipinski definition) is 1. The van der Waals surface area contributed by atoms with E-state index in [1.807, 2.05) is 4.68 Å². The van der Waals surface area contributed by atoms with E-state index >= 15 is 0 Å². The van der Waals surface area contributed by atoms with Gasteiger partial charge in [-0.1, -0.05) is 6.92 Å². The quantitative estimate of drug-likeness (QED) is 0.728. The van der Waals surface area contributed by atoms with Crippen LogP contribution in [0.4, 0.5) is 0 Å². The minimum atomic E-state index is 0.432. The Hall–Kier alpha value is -0.900. The second-order valence-corrected chi connectivity index (χ2v) is 3.54. The van der Waals surface area contributed by atoms with Gasteiger partial charge in [0, 0.05) is 25.4 Å². The Morgan fingerprint density at radius 2 is 2.46 bits per heavy atom. The minimum absolute atomic E-state index is 0.432. The standard InChI is InChI=1S/C9H16N4/c1-2-8-11-9-7(6-10)4-3-5-13(9)12-8/h7H,2-6,10H2,1H3. The summed E-state index contributed by atoms with van der Waals surface area (Å²) < 4.78 is 2.03. The van der Waals surface area contributed by atoms with Crippen molar-refractivity contribution in [2.45, 2.75) is 38.6 Å². The summed E-state index contributed by atoms with van der Waals surface area (Å²) in [4.78, 5) is 4.49. The van der Waals surface area contributed by atoms with Gasteiger partial charge in [0.25, 0.3) is 0 Å². The van der Waals surface area contributed by atoms with E-state index in [4.69, 9.17) is 5.73 Å². The molecular weight excluding hydrogens is 164 g/mol. The molecule has 2 heterocycles. The Morgan fingerprint density at radius 1 is 1.62 bits per heavy atom. The Balaban J connectivity index is 2.32. The lowest BCUT2D eigenvalue weighted by molar-refractivity contribution is 0.419. The Kier molecular flexibility index (Phi) is 2.31. The highest BCUT2D eigenvalue weighted by atomic mass is 15.4. The molecule has 0 aliphatic carbocycles. The fourth-order valence-corrected chi connectivity index (χ4v) is 1.86. The van der Waals surface area contributed by atoms with Crippen molar-refractivity contribution in [3.05, 3.63) is 11.6 Å². The predicted molar refractivity (Wildman–Crippen MR) is 50.4 cm³/mol. The lowest BCUT2D eigenvalue weighted by Crippen LogP contribution is -2.22. The van der Waals surface area contributed by atoms with E-state index in [-0.39, 0.29) is 0 Å². The largest absolute Gasteiger partial charge is 0.330 e. The van der Waals surface area contributed by atoms with Gasteiger partial charge in [0.2, 0.25) is 0 Å². The zero-order valence-corrected chi connectivity index (χ0v) is 8.03. The van der Waals surface area contributed by atoms with Crippen LogP contribution in [0, 0.1) is 0 Å². The smallest absolute Gasteiger partial charge is 0.150 e. The highest BCUT2D eigenvalue weighted by molar-refractivity contribution is 5.03. The lowest BCUT2D eigenvalue weighted by atomic mass is 10.00. The molecule has 0 amide bonds. The number of nitrogens with two attached hydrogens (primary N) is 1. The maximum Gasteiger partial charge on any atom is 0.150 e. The van der Waals surface area contributed by atoms with Crippen LogP contribution >= 0.6 is 0 Å². The van der Waals surface area contributed by atoms with Crippen LogP contribution in [-0.4, -0.2) is 21.3 Å². The first-order valence-corrected chi connectivity index (χ1v) is 4.98. The van der Waals surface area contributed by atoms with Gasteiger partial charge in [-0.15, -0.1) is 0 Å². The Labute approximate surface area is 78.1 Å². The molecule has 72 valence electrons. The van der Waals surface area contributed by atoms with Crippen LogP contribution < -0.4 is 5.73 Å². The number of rotatable bonds is 2. The molecule has 13 heavy (non-hydrogen) atoms. The van der Waals surface area contributed by atoms with Crippen molar-refractivity contribution < 1.29 is 0 Å². The first-order valence-electron chi connectivity index (χ1n) is 4.98. The van der Waals surface area contributed by atoms with Crippen LogP contribution in [0.1, 0.15) is 37.3 Å². The summed E-state index contributed by atoms with van der Waals surface area (Å²) in [6, 6.07) is 0. The molecule has 0 saturated heterocycles. The molecule has 0 fully saturated rings. The molecule has 2 N–H and O–H groups in total. The summed E-state index contributed by atoms with van der Waals surface area (Å²) in [5.74, 6) is 2.49. The monoisotopic (exact) mass is 180 g/mol. The van der Waals surface area contributed by atoms with Gasteiger partial charge in [0.05, 0.1) is 0 Å². The molecule has 1 atom stereocenters.